The van der Waals surface area contributed by atoms with Crippen LogP contribution in [0.3, 0.4) is 0 Å². The van der Waals surface area contributed by atoms with E-state index < -0.39 is 0 Å². The van der Waals surface area contributed by atoms with Crippen molar-refractivity contribution in [1.29, 1.82) is 0 Å². The molecule has 1 saturated heterocycles. The number of anilines is 1. The van der Waals surface area contributed by atoms with Crippen LogP contribution in [0.4, 0.5) is 5.82 Å². The van der Waals surface area contributed by atoms with Gasteiger partial charge >= 0.3 is 0 Å². The Morgan fingerprint density at radius 1 is 1.19 bits per heavy atom. The van der Waals surface area contributed by atoms with Gasteiger partial charge in [-0.25, -0.2) is 4.98 Å². The van der Waals surface area contributed by atoms with Gasteiger partial charge in [0.15, 0.2) is 5.11 Å². The molecule has 0 spiro atoms. The third kappa shape index (κ3) is 4.87. The summed E-state index contributed by atoms with van der Waals surface area (Å²) in [6.07, 6.45) is 3.42. The van der Waals surface area contributed by atoms with Crippen LogP contribution in [-0.4, -0.2) is 29.9 Å². The molecule has 0 amide bonds. The second-order valence-electron chi connectivity index (χ2n) is 6.19. The fourth-order valence-corrected chi connectivity index (χ4v) is 4.07. The van der Waals surface area contributed by atoms with Crippen LogP contribution in [0.15, 0.2) is 41.0 Å². The van der Waals surface area contributed by atoms with Crippen LogP contribution in [0, 0.1) is 0 Å². The Morgan fingerprint density at radius 2 is 1.88 bits per heavy atom. The summed E-state index contributed by atoms with van der Waals surface area (Å²) in [4.78, 5) is 4.25. The van der Waals surface area contributed by atoms with E-state index in [9.17, 15) is 0 Å². The zero-order valence-electron chi connectivity index (χ0n) is 13.9. The van der Waals surface area contributed by atoms with Crippen molar-refractivity contribution < 1.29 is 4.74 Å². The average molecular weight is 475 g/mol. The summed E-state index contributed by atoms with van der Waals surface area (Å²) in [7, 11) is 0. The zero-order chi connectivity index (χ0) is 18.6. The van der Waals surface area contributed by atoms with Crippen LogP contribution in [0.2, 0.25) is 10.0 Å². The number of halogens is 3. The van der Waals surface area contributed by atoms with Crippen molar-refractivity contribution in [3.63, 3.8) is 0 Å². The first kappa shape index (κ1) is 19.8. The van der Waals surface area contributed by atoms with Crippen LogP contribution >= 0.6 is 51.3 Å². The maximum atomic E-state index is 6.05. The normalized spacial score (nSPS) is 16.1. The molecule has 1 aromatic heterocycles. The van der Waals surface area contributed by atoms with E-state index in [0.29, 0.717) is 22.5 Å². The zero-order valence-corrected chi connectivity index (χ0v) is 17.8. The maximum Gasteiger partial charge on any atom is 0.172 e. The highest BCUT2D eigenvalue weighted by molar-refractivity contribution is 9.10. The first-order chi connectivity index (χ1) is 12.5. The van der Waals surface area contributed by atoms with Crippen molar-refractivity contribution in [3.8, 4) is 0 Å². The molecule has 2 heterocycles. The lowest BCUT2D eigenvalue weighted by Crippen LogP contribution is -2.45. The molecule has 2 aromatic rings. The van der Waals surface area contributed by atoms with Gasteiger partial charge in [-0.15, -0.1) is 0 Å². The predicted octanol–water partition coefficient (Wildman–Crippen LogP) is 5.19. The Bertz CT molecular complexity index is 783. The number of hydrogen-bond donors (Lipinski definition) is 2. The number of nitrogens with one attached hydrogen (secondary N) is 2. The van der Waals surface area contributed by atoms with Crippen molar-refractivity contribution in [1.82, 2.24) is 10.3 Å². The molecule has 3 rings (SSSR count). The van der Waals surface area contributed by atoms with E-state index in [1.54, 1.807) is 12.3 Å². The molecule has 1 aliphatic rings. The molecule has 1 aromatic carbocycles. The molecule has 8 heteroatoms. The summed E-state index contributed by atoms with van der Waals surface area (Å²) in [5, 5.41) is 8.25. The highest BCUT2D eigenvalue weighted by atomic mass is 79.9. The second kappa shape index (κ2) is 8.85. The Balaban J connectivity index is 1.69. The van der Waals surface area contributed by atoms with Crippen LogP contribution < -0.4 is 10.6 Å². The molecule has 26 heavy (non-hydrogen) atoms. The lowest BCUT2D eigenvalue weighted by atomic mass is 9.74. The SMILES string of the molecule is S=C(NCC1(c2ccc(Cl)cc2)CCOCC1)Nc1ncc(Cl)cc1Br. The van der Waals surface area contributed by atoms with Gasteiger partial charge in [0.05, 0.1) is 9.50 Å². The van der Waals surface area contributed by atoms with E-state index in [2.05, 4.69) is 43.7 Å². The fraction of sp³-hybridized carbons (Fsp3) is 0.333. The van der Waals surface area contributed by atoms with Gasteiger partial charge in [0.1, 0.15) is 5.82 Å². The quantitative estimate of drug-likeness (QED) is 0.597. The van der Waals surface area contributed by atoms with Crippen LogP contribution in [0.1, 0.15) is 18.4 Å². The number of hydrogen-bond acceptors (Lipinski definition) is 3. The molecular weight excluding hydrogens is 457 g/mol. The Hall–Kier alpha value is -0.920. The van der Waals surface area contributed by atoms with Gasteiger partial charge in [-0.3, -0.25) is 0 Å². The van der Waals surface area contributed by atoms with Gasteiger partial charge in [-0.2, -0.15) is 0 Å². The van der Waals surface area contributed by atoms with Crippen molar-refractivity contribution in [3.05, 3.63) is 56.6 Å². The highest BCUT2D eigenvalue weighted by Crippen LogP contribution is 2.35. The third-order valence-corrected chi connectivity index (χ3v) is 5.84. The summed E-state index contributed by atoms with van der Waals surface area (Å²) >= 11 is 20.9. The summed E-state index contributed by atoms with van der Waals surface area (Å²) < 4.78 is 6.33. The van der Waals surface area contributed by atoms with Crippen LogP contribution in [-0.2, 0) is 10.2 Å². The van der Waals surface area contributed by atoms with E-state index in [1.807, 2.05) is 12.1 Å². The monoisotopic (exact) mass is 473 g/mol. The predicted molar refractivity (Wildman–Crippen MR) is 114 cm³/mol. The van der Waals surface area contributed by atoms with Crippen molar-refractivity contribution in [2.45, 2.75) is 18.3 Å². The van der Waals surface area contributed by atoms with Gasteiger partial charge in [-0.1, -0.05) is 35.3 Å². The number of benzene rings is 1. The lowest BCUT2D eigenvalue weighted by molar-refractivity contribution is 0.0515. The van der Waals surface area contributed by atoms with Gasteiger partial charge < -0.3 is 15.4 Å². The maximum absolute atomic E-state index is 6.05. The number of pyridine rings is 1. The lowest BCUT2D eigenvalue weighted by Gasteiger charge is -2.38. The molecule has 0 aliphatic carbocycles. The van der Waals surface area contributed by atoms with Gasteiger partial charge in [0.2, 0.25) is 0 Å². The van der Waals surface area contributed by atoms with E-state index >= 15 is 0 Å². The van der Waals surface area contributed by atoms with E-state index in [1.165, 1.54) is 5.56 Å². The largest absolute Gasteiger partial charge is 0.381 e. The third-order valence-electron chi connectivity index (χ3n) is 4.53. The summed E-state index contributed by atoms with van der Waals surface area (Å²) in [5.74, 6) is 0.624. The fourth-order valence-electron chi connectivity index (χ4n) is 3.04. The molecular formula is C18H18BrCl2N3OS. The Labute approximate surface area is 176 Å². The smallest absolute Gasteiger partial charge is 0.172 e. The van der Waals surface area contributed by atoms with Gasteiger partial charge in [0.25, 0.3) is 0 Å². The van der Waals surface area contributed by atoms with Crippen LogP contribution in [0.5, 0.6) is 0 Å². The highest BCUT2D eigenvalue weighted by Gasteiger charge is 2.34. The van der Waals surface area contributed by atoms with Gasteiger partial charge in [0, 0.05) is 36.4 Å². The van der Waals surface area contributed by atoms with Crippen molar-refractivity contribution in [2.24, 2.45) is 0 Å². The van der Waals surface area contributed by atoms with Crippen LogP contribution in [0.25, 0.3) is 0 Å². The molecule has 0 radical (unpaired) electrons. The van der Waals surface area contributed by atoms with E-state index in [4.69, 9.17) is 40.2 Å². The van der Waals surface area contributed by atoms with Crippen molar-refractivity contribution in [2.75, 3.05) is 25.1 Å². The molecule has 138 valence electrons. The number of thiocarbonyl (C=S) groups is 1. The molecule has 2 N–H and O–H groups in total. The van der Waals surface area contributed by atoms with Gasteiger partial charge in [-0.05, 0) is 64.8 Å². The summed E-state index contributed by atoms with van der Waals surface area (Å²) in [6.45, 7) is 2.17. The number of ether oxygens (including phenoxy) is 1. The molecule has 0 atom stereocenters. The minimum atomic E-state index is -0.0424. The molecule has 0 saturated carbocycles. The standard InChI is InChI=1S/C18H18BrCl2N3OS/c19-15-9-14(21)10-22-16(15)24-17(26)23-11-18(5-7-25-8-6-18)12-1-3-13(20)4-2-12/h1-4,9-10H,5-8,11H2,(H2,22,23,24,26). The van der Waals surface area contributed by atoms with E-state index in [0.717, 1.165) is 35.6 Å². The molecule has 1 aliphatic heterocycles. The summed E-state index contributed by atoms with van der Waals surface area (Å²) in [6, 6.07) is 9.80. The Morgan fingerprint density at radius 3 is 2.54 bits per heavy atom. The first-order valence-corrected chi connectivity index (χ1v) is 10.1. The summed E-state index contributed by atoms with van der Waals surface area (Å²) in [5.41, 5.74) is 1.20. The number of nitrogens with zero attached hydrogens (tertiary/aromatic N) is 1. The number of rotatable bonds is 4. The van der Waals surface area contributed by atoms with Crippen molar-refractivity contribution >= 4 is 62.3 Å². The average Bonchev–Trinajstić information content (AvgIpc) is 2.64. The minimum absolute atomic E-state index is 0.0424. The Kier molecular flexibility index (Phi) is 6.75. The molecule has 1 fully saturated rings. The first-order valence-electron chi connectivity index (χ1n) is 8.18. The minimum Gasteiger partial charge on any atom is -0.381 e. The molecule has 4 nitrogen and oxygen atoms in total. The molecule has 0 bridgehead atoms. The number of aromatic nitrogens is 1. The van der Waals surface area contributed by atoms with E-state index in [-0.39, 0.29) is 5.41 Å². The molecule has 0 unspecified atom stereocenters. The topological polar surface area (TPSA) is 46.2 Å². The second-order valence-corrected chi connectivity index (χ2v) is 8.33.